The quantitative estimate of drug-likeness (QED) is 0.764. The van der Waals surface area contributed by atoms with Crippen molar-refractivity contribution in [1.29, 1.82) is 0 Å². The summed E-state index contributed by atoms with van der Waals surface area (Å²) in [6.45, 7) is 3.98. The van der Waals surface area contributed by atoms with E-state index in [4.69, 9.17) is 4.42 Å². The molecule has 6 nitrogen and oxygen atoms in total. The Balaban J connectivity index is 1.71. The summed E-state index contributed by atoms with van der Waals surface area (Å²) in [4.78, 5) is 23.7. The molecule has 1 saturated carbocycles. The maximum Gasteiger partial charge on any atom is 0.255 e. The molecule has 0 saturated heterocycles. The number of aryl methyl sites for hydroxylation is 2. The van der Waals surface area contributed by atoms with Crippen molar-refractivity contribution < 1.29 is 19.1 Å². The van der Waals surface area contributed by atoms with Crippen LogP contribution >= 0.6 is 0 Å². The molecule has 2 rings (SSSR count). The van der Waals surface area contributed by atoms with E-state index in [0.717, 1.165) is 25.7 Å². The smallest absolute Gasteiger partial charge is 0.255 e. The lowest BCUT2D eigenvalue weighted by molar-refractivity contribution is -0.120. The topological polar surface area (TPSA) is 91.6 Å². The van der Waals surface area contributed by atoms with E-state index < -0.39 is 0 Å². The van der Waals surface area contributed by atoms with Crippen molar-refractivity contribution in [3.8, 4) is 0 Å². The Hall–Kier alpha value is -1.82. The van der Waals surface area contributed by atoms with Gasteiger partial charge in [0, 0.05) is 6.54 Å². The van der Waals surface area contributed by atoms with Crippen LogP contribution in [0, 0.1) is 19.8 Å². The van der Waals surface area contributed by atoms with Gasteiger partial charge >= 0.3 is 0 Å². The number of aliphatic hydroxyl groups is 1. The van der Waals surface area contributed by atoms with E-state index in [9.17, 15) is 14.7 Å². The second-order valence-electron chi connectivity index (χ2n) is 6.00. The zero-order valence-electron chi connectivity index (χ0n) is 13.1. The molecule has 1 aliphatic carbocycles. The maximum absolute atomic E-state index is 11.9. The Morgan fingerprint density at radius 2 is 2.09 bits per heavy atom. The van der Waals surface area contributed by atoms with Gasteiger partial charge in [-0.05, 0) is 45.1 Å². The predicted molar refractivity (Wildman–Crippen MR) is 81.5 cm³/mol. The highest BCUT2D eigenvalue weighted by molar-refractivity contribution is 5.97. The average molecular weight is 308 g/mol. The predicted octanol–water partition coefficient (Wildman–Crippen LogP) is 1.29. The number of furan rings is 1. The Kier molecular flexibility index (Phi) is 5.60. The van der Waals surface area contributed by atoms with Gasteiger partial charge in [0.2, 0.25) is 5.91 Å². The molecule has 0 radical (unpaired) electrons. The molecule has 22 heavy (non-hydrogen) atoms. The van der Waals surface area contributed by atoms with Crippen molar-refractivity contribution in [2.75, 3.05) is 13.1 Å². The summed E-state index contributed by atoms with van der Waals surface area (Å²) in [5, 5.41) is 15.0. The third-order valence-corrected chi connectivity index (χ3v) is 4.04. The van der Waals surface area contributed by atoms with Crippen LogP contribution in [0.3, 0.4) is 0 Å². The van der Waals surface area contributed by atoms with Crippen LogP contribution in [0.5, 0.6) is 0 Å². The van der Waals surface area contributed by atoms with Crippen LogP contribution in [-0.2, 0) is 4.79 Å². The van der Waals surface area contributed by atoms with E-state index in [1.807, 2.05) is 0 Å². The number of carbonyl (C=O) groups excluding carboxylic acids is 2. The van der Waals surface area contributed by atoms with Gasteiger partial charge in [0.25, 0.3) is 5.91 Å². The van der Waals surface area contributed by atoms with Crippen molar-refractivity contribution in [1.82, 2.24) is 10.6 Å². The maximum atomic E-state index is 11.9. The van der Waals surface area contributed by atoms with Crippen molar-refractivity contribution in [2.45, 2.75) is 45.6 Å². The van der Waals surface area contributed by atoms with E-state index in [1.54, 1.807) is 19.9 Å². The van der Waals surface area contributed by atoms with Crippen molar-refractivity contribution in [3.05, 3.63) is 23.2 Å². The average Bonchev–Trinajstić information content (AvgIpc) is 2.81. The van der Waals surface area contributed by atoms with Gasteiger partial charge in [-0.15, -0.1) is 0 Å². The van der Waals surface area contributed by atoms with Gasteiger partial charge in [0.1, 0.15) is 11.5 Å². The molecule has 3 N–H and O–H groups in total. The van der Waals surface area contributed by atoms with Crippen LogP contribution in [-0.4, -0.2) is 36.1 Å². The second kappa shape index (κ2) is 7.45. The first-order valence-electron chi connectivity index (χ1n) is 7.75. The first-order valence-corrected chi connectivity index (χ1v) is 7.75. The lowest BCUT2D eigenvalue weighted by Gasteiger charge is -2.25. The number of rotatable bonds is 5. The number of carbonyl (C=O) groups is 2. The molecular weight excluding hydrogens is 284 g/mol. The Morgan fingerprint density at radius 1 is 1.32 bits per heavy atom. The third kappa shape index (κ3) is 4.59. The molecule has 0 spiro atoms. The fourth-order valence-corrected chi connectivity index (χ4v) is 2.88. The van der Waals surface area contributed by atoms with E-state index in [1.165, 1.54) is 0 Å². The van der Waals surface area contributed by atoms with Crippen LogP contribution in [0.4, 0.5) is 0 Å². The van der Waals surface area contributed by atoms with E-state index in [-0.39, 0.29) is 24.5 Å². The zero-order valence-corrected chi connectivity index (χ0v) is 13.1. The summed E-state index contributed by atoms with van der Waals surface area (Å²) in [7, 11) is 0. The van der Waals surface area contributed by atoms with Gasteiger partial charge < -0.3 is 20.2 Å². The molecule has 0 bridgehead atoms. The van der Waals surface area contributed by atoms with Crippen LogP contribution in [0.2, 0.25) is 0 Å². The minimum absolute atomic E-state index is 0.0578. The second-order valence-corrected chi connectivity index (χ2v) is 6.00. The summed E-state index contributed by atoms with van der Waals surface area (Å²) >= 11 is 0. The highest BCUT2D eigenvalue weighted by atomic mass is 16.3. The number of hydrogen-bond acceptors (Lipinski definition) is 4. The van der Waals surface area contributed by atoms with Gasteiger partial charge in [-0.3, -0.25) is 9.59 Å². The zero-order chi connectivity index (χ0) is 16.1. The van der Waals surface area contributed by atoms with Gasteiger partial charge in [-0.25, -0.2) is 0 Å². The molecule has 2 amide bonds. The Bertz CT molecular complexity index is 538. The molecule has 2 unspecified atom stereocenters. The summed E-state index contributed by atoms with van der Waals surface area (Å²) in [6.07, 6.45) is 3.36. The molecule has 6 heteroatoms. The minimum atomic E-state index is -0.308. The molecular formula is C16H24N2O4. The highest BCUT2D eigenvalue weighted by Gasteiger charge is 2.20. The molecule has 1 heterocycles. The van der Waals surface area contributed by atoms with Crippen LogP contribution in [0.25, 0.3) is 0 Å². The highest BCUT2D eigenvalue weighted by Crippen LogP contribution is 2.23. The van der Waals surface area contributed by atoms with Crippen molar-refractivity contribution >= 4 is 11.8 Å². The molecule has 122 valence electrons. The summed E-state index contributed by atoms with van der Waals surface area (Å²) in [5.74, 6) is 1.01. The van der Waals surface area contributed by atoms with Crippen LogP contribution in [0.15, 0.2) is 10.5 Å². The minimum Gasteiger partial charge on any atom is -0.466 e. The van der Waals surface area contributed by atoms with Crippen molar-refractivity contribution in [2.24, 2.45) is 5.92 Å². The molecule has 1 aromatic heterocycles. The number of hydrogen-bond donors (Lipinski definition) is 3. The summed E-state index contributed by atoms with van der Waals surface area (Å²) in [6, 6.07) is 1.66. The van der Waals surface area contributed by atoms with Crippen LogP contribution in [0.1, 0.15) is 47.6 Å². The summed E-state index contributed by atoms with van der Waals surface area (Å²) in [5.41, 5.74) is 0.459. The van der Waals surface area contributed by atoms with E-state index >= 15 is 0 Å². The molecule has 1 aliphatic rings. The number of amides is 2. The SMILES string of the molecule is Cc1cc(C(=O)NCC(=O)NCC2CCCC(O)C2)c(C)o1. The Morgan fingerprint density at radius 3 is 2.73 bits per heavy atom. The molecule has 0 aliphatic heterocycles. The number of nitrogens with one attached hydrogen (secondary N) is 2. The lowest BCUT2D eigenvalue weighted by Crippen LogP contribution is -2.40. The van der Waals surface area contributed by atoms with Crippen molar-refractivity contribution in [3.63, 3.8) is 0 Å². The van der Waals surface area contributed by atoms with E-state index in [0.29, 0.717) is 29.5 Å². The largest absolute Gasteiger partial charge is 0.466 e. The summed E-state index contributed by atoms with van der Waals surface area (Å²) < 4.78 is 5.29. The molecule has 0 aromatic carbocycles. The van der Waals surface area contributed by atoms with Gasteiger partial charge in [-0.2, -0.15) is 0 Å². The van der Waals surface area contributed by atoms with Crippen LogP contribution < -0.4 is 10.6 Å². The molecule has 1 aromatic rings. The molecule has 2 atom stereocenters. The van der Waals surface area contributed by atoms with E-state index in [2.05, 4.69) is 10.6 Å². The fourth-order valence-electron chi connectivity index (χ4n) is 2.88. The van der Waals surface area contributed by atoms with Gasteiger partial charge in [0.05, 0.1) is 18.2 Å². The third-order valence-electron chi connectivity index (χ3n) is 4.04. The Labute approximate surface area is 130 Å². The van der Waals surface area contributed by atoms with Gasteiger partial charge in [-0.1, -0.05) is 6.42 Å². The first-order chi connectivity index (χ1) is 10.5. The molecule has 1 fully saturated rings. The monoisotopic (exact) mass is 308 g/mol. The standard InChI is InChI=1S/C16H24N2O4/c1-10-6-14(11(2)22-10)16(21)18-9-15(20)17-8-12-4-3-5-13(19)7-12/h6,12-13,19H,3-5,7-9H2,1-2H3,(H,17,20)(H,18,21). The normalized spacial score (nSPS) is 21.4. The van der Waals surface area contributed by atoms with Gasteiger partial charge in [0.15, 0.2) is 0 Å². The fraction of sp³-hybridized carbons (Fsp3) is 0.625. The first kappa shape index (κ1) is 16.5. The number of aliphatic hydroxyl groups excluding tert-OH is 1. The lowest BCUT2D eigenvalue weighted by atomic mass is 9.87.